The minimum absolute atomic E-state index is 0.488. The number of hydrogen-bond donors (Lipinski definition) is 3. The lowest BCUT2D eigenvalue weighted by Gasteiger charge is -2.15. The maximum absolute atomic E-state index is 5.92. The smallest absolute Gasteiger partial charge is 0.386 e. The molecular formula is C24H51BO3S3. The van der Waals surface area contributed by atoms with Crippen molar-refractivity contribution in [1.29, 1.82) is 0 Å². The van der Waals surface area contributed by atoms with E-state index in [9.17, 15) is 0 Å². The lowest BCUT2D eigenvalue weighted by atomic mass is 10.1. The minimum atomic E-state index is -0.488. The zero-order chi connectivity index (χ0) is 22.7. The van der Waals surface area contributed by atoms with Gasteiger partial charge in [0.1, 0.15) is 0 Å². The molecule has 0 fully saturated rings. The summed E-state index contributed by atoms with van der Waals surface area (Å²) in [5.74, 6) is 3.01. The van der Waals surface area contributed by atoms with Crippen LogP contribution in [0, 0.1) is 0 Å². The molecule has 0 radical (unpaired) electrons. The second-order valence-electron chi connectivity index (χ2n) is 8.44. The van der Waals surface area contributed by atoms with Gasteiger partial charge in [0.25, 0.3) is 0 Å². The van der Waals surface area contributed by atoms with Crippen LogP contribution in [0.15, 0.2) is 0 Å². The van der Waals surface area contributed by atoms with Crippen molar-refractivity contribution in [3.05, 3.63) is 0 Å². The van der Waals surface area contributed by atoms with Crippen LogP contribution in [0.25, 0.3) is 0 Å². The third kappa shape index (κ3) is 27.1. The molecule has 0 aromatic rings. The van der Waals surface area contributed by atoms with Gasteiger partial charge in [-0.2, -0.15) is 37.9 Å². The first-order valence-corrected chi connectivity index (χ1v) is 14.9. The van der Waals surface area contributed by atoms with Crippen LogP contribution < -0.4 is 0 Å². The minimum Gasteiger partial charge on any atom is -0.386 e. The fraction of sp³-hybridized carbons (Fsp3) is 1.00. The van der Waals surface area contributed by atoms with Crippen molar-refractivity contribution < 1.29 is 14.0 Å². The fourth-order valence-electron chi connectivity index (χ4n) is 3.45. The van der Waals surface area contributed by atoms with Crippen molar-refractivity contribution in [2.75, 3.05) is 37.1 Å². The number of unbranched alkanes of at least 4 members (excludes halogenated alkanes) is 15. The molecule has 0 atom stereocenters. The van der Waals surface area contributed by atoms with E-state index < -0.39 is 7.32 Å². The Morgan fingerprint density at radius 2 is 0.548 bits per heavy atom. The average molecular weight is 495 g/mol. The Hall–Kier alpha value is 0.995. The first kappa shape index (κ1) is 32.0. The van der Waals surface area contributed by atoms with E-state index in [1.54, 1.807) is 0 Å². The molecule has 0 aromatic heterocycles. The van der Waals surface area contributed by atoms with Crippen LogP contribution in [0.1, 0.15) is 116 Å². The molecule has 0 N–H and O–H groups in total. The Bertz CT molecular complexity index is 281. The summed E-state index contributed by atoms with van der Waals surface area (Å²) < 4.78 is 17.7. The molecular weight excluding hydrogens is 443 g/mol. The zero-order valence-corrected chi connectivity index (χ0v) is 22.8. The molecule has 0 aliphatic heterocycles. The maximum Gasteiger partial charge on any atom is 0.639 e. The molecule has 7 heteroatoms. The number of thiol groups is 3. The van der Waals surface area contributed by atoms with E-state index in [1.807, 2.05) is 0 Å². The highest BCUT2D eigenvalue weighted by molar-refractivity contribution is 7.80. The van der Waals surface area contributed by atoms with Crippen LogP contribution in [0.2, 0.25) is 0 Å². The largest absolute Gasteiger partial charge is 0.639 e. The van der Waals surface area contributed by atoms with Crippen LogP contribution in [0.3, 0.4) is 0 Å². The molecule has 0 saturated carbocycles. The van der Waals surface area contributed by atoms with E-state index in [1.165, 1.54) is 96.3 Å². The van der Waals surface area contributed by atoms with Crippen molar-refractivity contribution in [2.24, 2.45) is 0 Å². The molecule has 31 heavy (non-hydrogen) atoms. The molecule has 0 amide bonds. The summed E-state index contributed by atoms with van der Waals surface area (Å²) in [5.41, 5.74) is 0. The summed E-state index contributed by atoms with van der Waals surface area (Å²) in [5, 5.41) is 0. The zero-order valence-electron chi connectivity index (χ0n) is 20.1. The number of hydrogen-bond acceptors (Lipinski definition) is 6. The molecule has 0 rings (SSSR count). The van der Waals surface area contributed by atoms with E-state index in [4.69, 9.17) is 14.0 Å². The number of rotatable bonds is 27. The molecule has 3 nitrogen and oxygen atoms in total. The van der Waals surface area contributed by atoms with E-state index in [-0.39, 0.29) is 0 Å². The summed E-state index contributed by atoms with van der Waals surface area (Å²) in [6, 6.07) is 0. The van der Waals surface area contributed by atoms with Gasteiger partial charge in [0.05, 0.1) is 0 Å². The predicted molar refractivity (Wildman–Crippen MR) is 148 cm³/mol. The van der Waals surface area contributed by atoms with E-state index in [0.717, 1.165) is 56.3 Å². The van der Waals surface area contributed by atoms with Gasteiger partial charge in [-0.15, -0.1) is 0 Å². The van der Waals surface area contributed by atoms with Crippen molar-refractivity contribution in [1.82, 2.24) is 0 Å². The van der Waals surface area contributed by atoms with Gasteiger partial charge in [-0.1, -0.05) is 77.0 Å². The molecule has 0 bridgehead atoms. The SMILES string of the molecule is SCCCCCCCCOB(OCCCCCCCCS)OCCCCCCCCS. The summed E-state index contributed by atoms with van der Waals surface area (Å²) in [7, 11) is -0.488. The standard InChI is InChI=1S/C24H51BO3S3/c29-22-16-10-4-1-7-13-19-26-25(27-20-14-8-2-5-11-17-23-30)28-21-15-9-3-6-12-18-24-31/h29-31H,1-24H2. The molecule has 0 saturated heterocycles. The highest BCUT2D eigenvalue weighted by atomic mass is 32.1. The molecule has 0 heterocycles. The van der Waals surface area contributed by atoms with Crippen molar-refractivity contribution >= 4 is 45.2 Å². The summed E-state index contributed by atoms with van der Waals surface area (Å²) in [4.78, 5) is 0. The van der Waals surface area contributed by atoms with Gasteiger partial charge in [0.15, 0.2) is 0 Å². The molecule has 0 aliphatic carbocycles. The lowest BCUT2D eigenvalue weighted by molar-refractivity contribution is 0.0885. The monoisotopic (exact) mass is 494 g/mol. The van der Waals surface area contributed by atoms with Crippen molar-refractivity contribution in [3.8, 4) is 0 Å². The quantitative estimate of drug-likeness (QED) is 0.0617. The molecule has 0 unspecified atom stereocenters. The van der Waals surface area contributed by atoms with Gasteiger partial charge in [0, 0.05) is 19.8 Å². The van der Waals surface area contributed by atoms with E-state index in [2.05, 4.69) is 37.9 Å². The van der Waals surface area contributed by atoms with E-state index >= 15 is 0 Å². The second-order valence-corrected chi connectivity index (χ2v) is 9.78. The Morgan fingerprint density at radius 3 is 0.806 bits per heavy atom. The lowest BCUT2D eigenvalue weighted by Crippen LogP contribution is -2.28. The highest BCUT2D eigenvalue weighted by Crippen LogP contribution is 2.10. The van der Waals surface area contributed by atoms with Crippen LogP contribution in [0.5, 0.6) is 0 Å². The Balaban J connectivity index is 3.82. The molecule has 0 aromatic carbocycles. The third-order valence-electron chi connectivity index (χ3n) is 5.42. The normalized spacial score (nSPS) is 11.3. The van der Waals surface area contributed by atoms with Crippen LogP contribution >= 0.6 is 37.9 Å². The van der Waals surface area contributed by atoms with Gasteiger partial charge >= 0.3 is 7.32 Å². The first-order valence-electron chi connectivity index (χ1n) is 13.0. The topological polar surface area (TPSA) is 27.7 Å². The van der Waals surface area contributed by atoms with Crippen LogP contribution in [-0.2, 0) is 14.0 Å². The Labute approximate surface area is 211 Å². The third-order valence-corrected chi connectivity index (χ3v) is 6.37. The Kier molecular flexibility index (Phi) is 30.0. The summed E-state index contributed by atoms with van der Waals surface area (Å²) in [6.07, 6.45) is 22.2. The summed E-state index contributed by atoms with van der Waals surface area (Å²) >= 11 is 12.8. The van der Waals surface area contributed by atoms with Gasteiger partial charge < -0.3 is 14.0 Å². The first-order chi connectivity index (χ1) is 15.3. The molecule has 0 aliphatic rings. The van der Waals surface area contributed by atoms with Crippen molar-refractivity contribution in [2.45, 2.75) is 116 Å². The summed E-state index contributed by atoms with van der Waals surface area (Å²) in [6.45, 7) is 2.18. The van der Waals surface area contributed by atoms with Gasteiger partial charge in [0.2, 0.25) is 0 Å². The molecule has 0 spiro atoms. The molecule has 186 valence electrons. The van der Waals surface area contributed by atoms with Gasteiger partial charge in [-0.3, -0.25) is 0 Å². The van der Waals surface area contributed by atoms with Crippen LogP contribution in [0.4, 0.5) is 0 Å². The second kappa shape index (κ2) is 29.0. The predicted octanol–water partition coefficient (Wildman–Crippen LogP) is 7.83. The Morgan fingerprint density at radius 1 is 0.323 bits per heavy atom. The van der Waals surface area contributed by atoms with E-state index in [0.29, 0.717) is 0 Å². The maximum atomic E-state index is 5.92. The van der Waals surface area contributed by atoms with Gasteiger partial charge in [-0.25, -0.2) is 0 Å². The van der Waals surface area contributed by atoms with Crippen molar-refractivity contribution in [3.63, 3.8) is 0 Å². The highest BCUT2D eigenvalue weighted by Gasteiger charge is 2.20. The van der Waals surface area contributed by atoms with Crippen LogP contribution in [-0.4, -0.2) is 44.4 Å². The fourth-order valence-corrected chi connectivity index (χ4v) is 4.12. The van der Waals surface area contributed by atoms with Gasteiger partial charge in [-0.05, 0) is 55.8 Å². The average Bonchev–Trinajstić information content (AvgIpc) is 2.78.